The predicted molar refractivity (Wildman–Crippen MR) is 156 cm³/mol. The van der Waals surface area contributed by atoms with Crippen molar-refractivity contribution < 1.29 is 18.0 Å². The van der Waals surface area contributed by atoms with Gasteiger partial charge in [-0.1, -0.05) is 54.9 Å². The highest BCUT2D eigenvalue weighted by Gasteiger charge is 2.33. The molecule has 0 bridgehead atoms. The van der Waals surface area contributed by atoms with Crippen molar-refractivity contribution in [2.75, 3.05) is 10.8 Å². The van der Waals surface area contributed by atoms with E-state index in [4.69, 9.17) is 11.6 Å². The molecule has 0 saturated carbocycles. The van der Waals surface area contributed by atoms with Gasteiger partial charge in [0.15, 0.2) is 0 Å². The highest BCUT2D eigenvalue weighted by Crippen LogP contribution is 2.26. The molecule has 3 aromatic rings. The van der Waals surface area contributed by atoms with Crippen molar-refractivity contribution in [2.45, 2.75) is 64.6 Å². The van der Waals surface area contributed by atoms with Gasteiger partial charge in [-0.25, -0.2) is 8.42 Å². The monoisotopic (exact) mass is 569 g/mol. The van der Waals surface area contributed by atoms with Crippen molar-refractivity contribution in [1.82, 2.24) is 10.2 Å². The molecule has 0 spiro atoms. The van der Waals surface area contributed by atoms with E-state index in [0.29, 0.717) is 10.7 Å². The number of aryl methyl sites for hydroxylation is 2. The molecule has 1 N–H and O–H groups in total. The van der Waals surface area contributed by atoms with Crippen LogP contribution in [0.2, 0.25) is 5.02 Å². The van der Waals surface area contributed by atoms with Crippen LogP contribution in [0.4, 0.5) is 5.69 Å². The smallest absolute Gasteiger partial charge is 0.264 e. The van der Waals surface area contributed by atoms with Gasteiger partial charge < -0.3 is 10.2 Å². The Morgan fingerprint density at radius 2 is 1.62 bits per heavy atom. The molecule has 0 saturated heterocycles. The van der Waals surface area contributed by atoms with E-state index in [1.807, 2.05) is 58.0 Å². The lowest BCUT2D eigenvalue weighted by atomic mass is 10.1. The summed E-state index contributed by atoms with van der Waals surface area (Å²) >= 11 is 6.00. The number of nitrogens with one attached hydrogen (secondary N) is 1. The fourth-order valence-electron chi connectivity index (χ4n) is 4.06. The molecule has 0 radical (unpaired) electrons. The maximum absolute atomic E-state index is 14.0. The van der Waals surface area contributed by atoms with E-state index in [0.717, 1.165) is 27.4 Å². The molecule has 2 amide bonds. The molecule has 0 aliphatic rings. The highest BCUT2D eigenvalue weighted by molar-refractivity contribution is 7.92. The Kier molecular flexibility index (Phi) is 10.2. The number of sulfonamides is 1. The predicted octanol–water partition coefficient (Wildman–Crippen LogP) is 5.48. The first kappa shape index (κ1) is 30.2. The first-order valence-corrected chi connectivity index (χ1v) is 14.7. The van der Waals surface area contributed by atoms with E-state index in [2.05, 4.69) is 5.32 Å². The first-order valence-electron chi connectivity index (χ1n) is 12.9. The van der Waals surface area contributed by atoms with Crippen LogP contribution in [0.25, 0.3) is 0 Å². The molecule has 3 aromatic carbocycles. The lowest BCUT2D eigenvalue weighted by molar-refractivity contribution is -0.139. The van der Waals surface area contributed by atoms with Crippen LogP contribution in [0, 0.1) is 13.8 Å². The Bertz CT molecular complexity index is 1410. The van der Waals surface area contributed by atoms with Crippen LogP contribution in [0.1, 0.15) is 43.9 Å². The first-order chi connectivity index (χ1) is 18.4. The third-order valence-corrected chi connectivity index (χ3v) is 8.78. The SMILES string of the molecule is CC[C@@H](C)NC(=O)[C@@H](C)N(Cc1ccccc1C)C(=O)CN(c1cccc(C)c1)S(=O)(=O)c1ccc(Cl)cc1. The normalized spacial score (nSPS) is 12.9. The van der Waals surface area contributed by atoms with E-state index in [1.54, 1.807) is 25.1 Å². The van der Waals surface area contributed by atoms with E-state index in [1.165, 1.54) is 29.2 Å². The summed E-state index contributed by atoms with van der Waals surface area (Å²) in [4.78, 5) is 28.6. The molecule has 0 aromatic heterocycles. The Morgan fingerprint density at radius 3 is 2.23 bits per heavy atom. The number of benzene rings is 3. The topological polar surface area (TPSA) is 86.8 Å². The summed E-state index contributed by atoms with van der Waals surface area (Å²) in [6, 6.07) is 19.5. The molecule has 0 fully saturated rings. The van der Waals surface area contributed by atoms with E-state index < -0.39 is 28.5 Å². The Hall–Kier alpha value is -3.36. The number of carbonyl (C=O) groups is 2. The third-order valence-electron chi connectivity index (χ3n) is 6.74. The van der Waals surface area contributed by atoms with Gasteiger partial charge in [-0.3, -0.25) is 13.9 Å². The lowest BCUT2D eigenvalue weighted by Crippen LogP contribution is -2.52. The van der Waals surface area contributed by atoms with Crippen molar-refractivity contribution in [3.8, 4) is 0 Å². The van der Waals surface area contributed by atoms with Crippen LogP contribution in [0.3, 0.4) is 0 Å². The standard InChI is InChI=1S/C30H36ClN3O4S/c1-6-23(4)32-30(36)24(5)33(19-25-12-8-7-11-22(25)3)29(35)20-34(27-13-9-10-21(2)18-27)39(37,38)28-16-14-26(31)15-17-28/h7-18,23-24H,6,19-20H2,1-5H3,(H,32,36)/t23-,24-/m1/s1. The summed E-state index contributed by atoms with van der Waals surface area (Å²) in [5, 5.41) is 3.34. The highest BCUT2D eigenvalue weighted by atomic mass is 35.5. The van der Waals surface area contributed by atoms with Crippen LogP contribution < -0.4 is 9.62 Å². The number of hydrogen-bond acceptors (Lipinski definition) is 4. The molecule has 3 rings (SSSR count). The van der Waals surface area contributed by atoms with Gasteiger partial charge in [-0.15, -0.1) is 0 Å². The second-order valence-corrected chi connectivity index (χ2v) is 12.0. The van der Waals surface area contributed by atoms with Gasteiger partial charge in [0, 0.05) is 17.6 Å². The number of carbonyl (C=O) groups excluding carboxylic acids is 2. The Labute approximate surface area is 236 Å². The molecule has 39 heavy (non-hydrogen) atoms. The number of anilines is 1. The van der Waals surface area contributed by atoms with Crippen LogP contribution in [-0.2, 0) is 26.2 Å². The van der Waals surface area contributed by atoms with Gasteiger partial charge in [0.05, 0.1) is 10.6 Å². The minimum absolute atomic E-state index is 0.00854. The fraction of sp³-hybridized carbons (Fsp3) is 0.333. The zero-order valence-electron chi connectivity index (χ0n) is 23.0. The molecule has 0 aliphatic heterocycles. The Balaban J connectivity index is 2.04. The van der Waals surface area contributed by atoms with Crippen LogP contribution in [0.5, 0.6) is 0 Å². The van der Waals surface area contributed by atoms with Gasteiger partial charge in [0.2, 0.25) is 11.8 Å². The fourth-order valence-corrected chi connectivity index (χ4v) is 5.60. The summed E-state index contributed by atoms with van der Waals surface area (Å²) in [5.74, 6) is -0.793. The molecular formula is C30H36ClN3O4S. The van der Waals surface area contributed by atoms with Gasteiger partial charge in [0.25, 0.3) is 10.0 Å². The summed E-state index contributed by atoms with van der Waals surface area (Å²) in [6.07, 6.45) is 0.741. The summed E-state index contributed by atoms with van der Waals surface area (Å²) in [7, 11) is -4.14. The number of amides is 2. The van der Waals surface area contributed by atoms with Crippen LogP contribution >= 0.6 is 11.6 Å². The Morgan fingerprint density at radius 1 is 0.949 bits per heavy atom. The van der Waals surface area contributed by atoms with E-state index in [9.17, 15) is 18.0 Å². The number of halogens is 1. The zero-order valence-corrected chi connectivity index (χ0v) is 24.6. The van der Waals surface area contributed by atoms with Crippen molar-refractivity contribution in [2.24, 2.45) is 0 Å². The summed E-state index contributed by atoms with van der Waals surface area (Å²) in [6.45, 7) is 8.99. The second kappa shape index (κ2) is 13.1. The summed E-state index contributed by atoms with van der Waals surface area (Å²) < 4.78 is 28.8. The van der Waals surface area contributed by atoms with Gasteiger partial charge >= 0.3 is 0 Å². The molecular weight excluding hydrogens is 534 g/mol. The van der Waals surface area contributed by atoms with Crippen LogP contribution in [0.15, 0.2) is 77.7 Å². The average molecular weight is 570 g/mol. The van der Waals surface area contributed by atoms with Gasteiger partial charge in [0.1, 0.15) is 12.6 Å². The molecule has 7 nitrogen and oxygen atoms in total. The molecule has 0 unspecified atom stereocenters. The third kappa shape index (κ3) is 7.61. The van der Waals surface area contributed by atoms with E-state index in [-0.39, 0.29) is 23.4 Å². The van der Waals surface area contributed by atoms with Crippen LogP contribution in [-0.4, -0.2) is 43.8 Å². The maximum atomic E-state index is 14.0. The molecule has 0 aliphatic carbocycles. The van der Waals surface area contributed by atoms with Crippen molar-refractivity contribution in [3.05, 3.63) is 94.5 Å². The number of hydrogen-bond donors (Lipinski definition) is 1. The minimum atomic E-state index is -4.14. The molecule has 9 heteroatoms. The minimum Gasteiger partial charge on any atom is -0.352 e. The number of rotatable bonds is 11. The molecule has 208 valence electrons. The van der Waals surface area contributed by atoms with Crippen molar-refractivity contribution >= 4 is 39.1 Å². The lowest BCUT2D eigenvalue weighted by Gasteiger charge is -2.33. The second-order valence-electron chi connectivity index (χ2n) is 9.75. The number of nitrogens with zero attached hydrogens (tertiary/aromatic N) is 2. The quantitative estimate of drug-likeness (QED) is 0.331. The van der Waals surface area contributed by atoms with E-state index >= 15 is 0 Å². The van der Waals surface area contributed by atoms with Crippen molar-refractivity contribution in [3.63, 3.8) is 0 Å². The average Bonchev–Trinajstić information content (AvgIpc) is 2.90. The molecule has 2 atom stereocenters. The van der Waals surface area contributed by atoms with Crippen molar-refractivity contribution in [1.29, 1.82) is 0 Å². The maximum Gasteiger partial charge on any atom is 0.264 e. The van der Waals surface area contributed by atoms with Gasteiger partial charge in [-0.05, 0) is 87.2 Å². The zero-order chi connectivity index (χ0) is 28.7. The van der Waals surface area contributed by atoms with Gasteiger partial charge in [-0.2, -0.15) is 0 Å². The molecule has 0 heterocycles. The largest absolute Gasteiger partial charge is 0.352 e. The summed E-state index contributed by atoms with van der Waals surface area (Å²) in [5.41, 5.74) is 3.03.